The molecule has 0 saturated carbocycles. The van der Waals surface area contributed by atoms with Crippen LogP contribution in [0, 0.1) is 0 Å². The summed E-state index contributed by atoms with van der Waals surface area (Å²) in [6.07, 6.45) is 0. The number of benzene rings is 1. The summed E-state index contributed by atoms with van der Waals surface area (Å²) in [5, 5.41) is 0. The molecule has 0 atom stereocenters. The number of halogens is 1. The Bertz CT molecular complexity index is 634. The van der Waals surface area contributed by atoms with E-state index in [2.05, 4.69) is 9.98 Å². The number of rotatable bonds is 5. The molecule has 0 saturated heterocycles. The van der Waals surface area contributed by atoms with E-state index in [9.17, 15) is 8.42 Å². The molecule has 6 N–H and O–H groups in total. The van der Waals surface area contributed by atoms with E-state index in [4.69, 9.17) is 17.2 Å². The fraction of sp³-hybridized carbons (Fsp3) is 0.333. The Labute approximate surface area is 136 Å². The molecule has 0 unspecified atom stereocenters. The third-order valence-electron chi connectivity index (χ3n) is 2.67. The monoisotopic (exact) mass is 348 g/mol. The number of aliphatic imine (C=N–C) groups is 2. The van der Waals surface area contributed by atoms with Crippen LogP contribution < -0.4 is 17.2 Å². The van der Waals surface area contributed by atoms with Gasteiger partial charge in [0.2, 0.25) is 16.0 Å². The van der Waals surface area contributed by atoms with Crippen molar-refractivity contribution in [1.82, 2.24) is 4.31 Å². The lowest BCUT2D eigenvalue weighted by atomic mass is 10.3. The van der Waals surface area contributed by atoms with Crippen LogP contribution in [0.4, 0.5) is 5.69 Å². The molecular formula is C12H21ClN6O2S. The van der Waals surface area contributed by atoms with Crippen LogP contribution in [0.2, 0.25) is 0 Å². The second-order valence-corrected chi connectivity index (χ2v) is 6.03. The van der Waals surface area contributed by atoms with Crippen molar-refractivity contribution in [1.29, 1.82) is 0 Å². The van der Waals surface area contributed by atoms with Gasteiger partial charge >= 0.3 is 0 Å². The third-order valence-corrected chi connectivity index (χ3v) is 4.73. The lowest BCUT2D eigenvalue weighted by molar-refractivity contribution is 0.445. The summed E-state index contributed by atoms with van der Waals surface area (Å²) in [7, 11) is -3.48. The molecule has 10 heteroatoms. The van der Waals surface area contributed by atoms with Crippen LogP contribution in [0.1, 0.15) is 13.8 Å². The first-order valence-electron chi connectivity index (χ1n) is 6.35. The predicted molar refractivity (Wildman–Crippen MR) is 90.9 cm³/mol. The minimum Gasteiger partial charge on any atom is -0.370 e. The van der Waals surface area contributed by atoms with Crippen LogP contribution in [-0.4, -0.2) is 37.7 Å². The molecule has 8 nitrogen and oxygen atoms in total. The van der Waals surface area contributed by atoms with Crippen molar-refractivity contribution in [2.75, 3.05) is 13.1 Å². The van der Waals surface area contributed by atoms with Gasteiger partial charge in [-0.15, -0.1) is 12.4 Å². The SMILES string of the molecule is CCN(CC)S(=O)(=O)c1ccc(N=C(N)N=C(N)N)cc1.Cl. The van der Waals surface area contributed by atoms with Crippen LogP contribution in [0.25, 0.3) is 0 Å². The molecule has 0 aliphatic rings. The minimum absolute atomic E-state index is 0. The van der Waals surface area contributed by atoms with Crippen molar-refractivity contribution in [2.45, 2.75) is 18.7 Å². The van der Waals surface area contributed by atoms with Gasteiger partial charge in [-0.05, 0) is 24.3 Å². The number of hydrogen-bond acceptors (Lipinski definition) is 3. The van der Waals surface area contributed by atoms with Crippen molar-refractivity contribution >= 4 is 40.0 Å². The van der Waals surface area contributed by atoms with Gasteiger partial charge in [0.15, 0.2) is 5.96 Å². The van der Waals surface area contributed by atoms with E-state index >= 15 is 0 Å². The molecule has 1 aromatic rings. The van der Waals surface area contributed by atoms with E-state index < -0.39 is 10.0 Å². The topological polar surface area (TPSA) is 140 Å². The average molecular weight is 349 g/mol. The predicted octanol–water partition coefficient (Wildman–Crippen LogP) is 0.359. The maximum Gasteiger partial charge on any atom is 0.243 e. The largest absolute Gasteiger partial charge is 0.370 e. The Morgan fingerprint density at radius 1 is 1.09 bits per heavy atom. The lowest BCUT2D eigenvalue weighted by Gasteiger charge is -2.18. The van der Waals surface area contributed by atoms with E-state index in [1.165, 1.54) is 28.6 Å². The summed E-state index contributed by atoms with van der Waals surface area (Å²) >= 11 is 0. The highest BCUT2D eigenvalue weighted by atomic mass is 35.5. The summed E-state index contributed by atoms with van der Waals surface area (Å²) < 4.78 is 25.9. The van der Waals surface area contributed by atoms with Crippen LogP contribution in [-0.2, 0) is 10.0 Å². The van der Waals surface area contributed by atoms with Gasteiger partial charge in [-0.1, -0.05) is 13.8 Å². The van der Waals surface area contributed by atoms with E-state index in [0.29, 0.717) is 18.8 Å². The van der Waals surface area contributed by atoms with E-state index in [1.54, 1.807) is 13.8 Å². The summed E-state index contributed by atoms with van der Waals surface area (Å²) in [6.45, 7) is 4.40. The molecule has 1 rings (SSSR count). The normalized spacial score (nSPS) is 11.9. The summed E-state index contributed by atoms with van der Waals surface area (Å²) in [5.74, 6) is -0.300. The quantitative estimate of drug-likeness (QED) is 0.520. The zero-order valence-corrected chi connectivity index (χ0v) is 14.1. The van der Waals surface area contributed by atoms with Crippen LogP contribution in [0.3, 0.4) is 0 Å². The number of nitrogens with two attached hydrogens (primary N) is 3. The number of sulfonamides is 1. The molecule has 0 aromatic heterocycles. The first-order valence-corrected chi connectivity index (χ1v) is 7.79. The van der Waals surface area contributed by atoms with Gasteiger partial charge in [0.1, 0.15) is 0 Å². The first-order chi connectivity index (χ1) is 9.81. The molecule has 0 aliphatic heterocycles. The van der Waals surface area contributed by atoms with Crippen molar-refractivity contribution < 1.29 is 8.42 Å². The zero-order chi connectivity index (χ0) is 16.0. The Hall–Kier alpha value is -1.84. The van der Waals surface area contributed by atoms with E-state index in [0.717, 1.165) is 0 Å². The highest BCUT2D eigenvalue weighted by Crippen LogP contribution is 2.19. The van der Waals surface area contributed by atoms with Crippen molar-refractivity contribution in [3.8, 4) is 0 Å². The Morgan fingerprint density at radius 2 is 1.59 bits per heavy atom. The molecule has 0 bridgehead atoms. The number of guanidine groups is 2. The van der Waals surface area contributed by atoms with Crippen molar-refractivity contribution in [3.63, 3.8) is 0 Å². The van der Waals surface area contributed by atoms with Gasteiger partial charge in [-0.3, -0.25) is 0 Å². The summed E-state index contributed by atoms with van der Waals surface area (Å²) in [6, 6.07) is 6.00. The van der Waals surface area contributed by atoms with E-state index in [-0.39, 0.29) is 29.2 Å². The fourth-order valence-corrected chi connectivity index (χ4v) is 3.15. The molecule has 0 fully saturated rings. The highest BCUT2D eigenvalue weighted by molar-refractivity contribution is 7.89. The van der Waals surface area contributed by atoms with Gasteiger partial charge in [0.05, 0.1) is 10.6 Å². The summed E-state index contributed by atoms with van der Waals surface area (Å²) in [5.41, 5.74) is 16.3. The van der Waals surface area contributed by atoms with Crippen LogP contribution in [0.15, 0.2) is 39.1 Å². The molecule has 0 spiro atoms. The third kappa shape index (κ3) is 5.17. The number of nitrogens with zero attached hydrogens (tertiary/aromatic N) is 3. The van der Waals surface area contributed by atoms with Gasteiger partial charge in [0.25, 0.3) is 0 Å². The average Bonchev–Trinajstić information content (AvgIpc) is 2.39. The molecule has 0 aliphatic carbocycles. The molecule has 1 aromatic carbocycles. The van der Waals surface area contributed by atoms with Crippen LogP contribution >= 0.6 is 12.4 Å². The van der Waals surface area contributed by atoms with Gasteiger partial charge in [-0.2, -0.15) is 9.30 Å². The minimum atomic E-state index is -3.48. The van der Waals surface area contributed by atoms with Crippen molar-refractivity contribution in [3.05, 3.63) is 24.3 Å². The Kier molecular flexibility index (Phi) is 7.85. The Balaban J connectivity index is 0.00000441. The fourth-order valence-electron chi connectivity index (χ4n) is 1.69. The number of hydrogen-bond donors (Lipinski definition) is 3. The molecule has 0 heterocycles. The lowest BCUT2D eigenvalue weighted by Crippen LogP contribution is -2.30. The molecule has 0 amide bonds. The standard InChI is InChI=1S/C12H20N6O2S.ClH/c1-3-18(4-2)21(19,20)10-7-5-9(6-8-10)16-12(15)17-11(13)14;/h5-8H,3-4H2,1-2H3,(H6,13,14,15,16,17);1H. The second-order valence-electron chi connectivity index (χ2n) is 4.09. The molecule has 124 valence electrons. The Morgan fingerprint density at radius 3 is 2.00 bits per heavy atom. The maximum atomic E-state index is 12.3. The molecule has 0 radical (unpaired) electrons. The zero-order valence-electron chi connectivity index (χ0n) is 12.4. The highest BCUT2D eigenvalue weighted by Gasteiger charge is 2.20. The molecule has 22 heavy (non-hydrogen) atoms. The molecular weight excluding hydrogens is 328 g/mol. The van der Waals surface area contributed by atoms with Gasteiger partial charge in [0, 0.05) is 13.1 Å². The maximum absolute atomic E-state index is 12.3. The summed E-state index contributed by atoms with van der Waals surface area (Å²) in [4.78, 5) is 7.72. The first kappa shape index (κ1) is 20.2. The smallest absolute Gasteiger partial charge is 0.243 e. The van der Waals surface area contributed by atoms with Crippen LogP contribution in [0.5, 0.6) is 0 Å². The van der Waals surface area contributed by atoms with E-state index in [1.807, 2.05) is 0 Å². The second kappa shape index (κ2) is 8.57. The van der Waals surface area contributed by atoms with Gasteiger partial charge in [-0.25, -0.2) is 13.4 Å². The van der Waals surface area contributed by atoms with Crippen molar-refractivity contribution in [2.24, 2.45) is 27.2 Å². The van der Waals surface area contributed by atoms with Gasteiger partial charge < -0.3 is 17.2 Å².